The summed E-state index contributed by atoms with van der Waals surface area (Å²) in [5.74, 6) is 0.725. The van der Waals surface area contributed by atoms with E-state index in [9.17, 15) is 4.79 Å². The van der Waals surface area contributed by atoms with Crippen LogP contribution in [0.15, 0.2) is 18.3 Å². The van der Waals surface area contributed by atoms with Gasteiger partial charge in [-0.15, -0.1) is 0 Å². The molecule has 1 fully saturated rings. The van der Waals surface area contributed by atoms with Crippen LogP contribution in [0.5, 0.6) is 0 Å². The first-order valence-corrected chi connectivity index (χ1v) is 8.61. The Kier molecular flexibility index (Phi) is 5.99. The second-order valence-electron chi connectivity index (χ2n) is 7.05. The fourth-order valence-corrected chi connectivity index (χ4v) is 2.85. The highest BCUT2D eigenvalue weighted by Crippen LogP contribution is 2.30. The molecule has 5 heteroatoms. The van der Waals surface area contributed by atoms with E-state index in [0.29, 0.717) is 6.54 Å². The molecule has 1 aromatic rings. The van der Waals surface area contributed by atoms with Crippen LogP contribution in [-0.4, -0.2) is 29.8 Å². The van der Waals surface area contributed by atoms with Crippen LogP contribution < -0.4 is 10.2 Å². The average Bonchev–Trinajstić information content (AvgIpc) is 2.52. The van der Waals surface area contributed by atoms with Crippen molar-refractivity contribution in [3.05, 3.63) is 23.9 Å². The number of ether oxygens (including phenoxy) is 1. The summed E-state index contributed by atoms with van der Waals surface area (Å²) in [5, 5.41) is 3.54. The number of aromatic nitrogens is 1. The van der Waals surface area contributed by atoms with Gasteiger partial charge < -0.3 is 10.1 Å². The van der Waals surface area contributed by atoms with Crippen molar-refractivity contribution in [3.63, 3.8) is 0 Å². The maximum Gasteiger partial charge on any atom is 0.416 e. The van der Waals surface area contributed by atoms with Gasteiger partial charge in [-0.1, -0.05) is 19.4 Å². The zero-order chi connectivity index (χ0) is 16.9. The number of carbonyl (C=O) groups excluding carboxylic acids is 1. The van der Waals surface area contributed by atoms with Crippen LogP contribution in [0.25, 0.3) is 0 Å². The van der Waals surface area contributed by atoms with E-state index in [1.807, 2.05) is 26.8 Å². The van der Waals surface area contributed by atoms with Gasteiger partial charge in [0, 0.05) is 24.3 Å². The van der Waals surface area contributed by atoms with Gasteiger partial charge in [0.05, 0.1) is 0 Å². The molecule has 5 nitrogen and oxygen atoms in total. The lowest BCUT2D eigenvalue weighted by Crippen LogP contribution is -2.39. The van der Waals surface area contributed by atoms with Crippen molar-refractivity contribution >= 4 is 11.9 Å². The Balaban J connectivity index is 2.29. The van der Waals surface area contributed by atoms with E-state index in [4.69, 9.17) is 4.74 Å². The molecule has 0 bridgehead atoms. The number of pyridine rings is 1. The lowest BCUT2D eigenvalue weighted by molar-refractivity contribution is 0.0578. The molecule has 1 aromatic heterocycles. The number of rotatable bonds is 4. The van der Waals surface area contributed by atoms with E-state index in [2.05, 4.69) is 23.3 Å². The fourth-order valence-electron chi connectivity index (χ4n) is 2.85. The van der Waals surface area contributed by atoms with Crippen molar-refractivity contribution in [2.75, 3.05) is 18.0 Å². The number of amides is 1. The molecule has 1 unspecified atom stereocenters. The van der Waals surface area contributed by atoms with Gasteiger partial charge in [-0.25, -0.2) is 9.78 Å². The molecule has 1 amide bonds. The van der Waals surface area contributed by atoms with E-state index in [-0.39, 0.29) is 12.1 Å². The first-order chi connectivity index (χ1) is 10.9. The third-order valence-electron chi connectivity index (χ3n) is 3.82. The predicted molar refractivity (Wildman–Crippen MR) is 92.7 cm³/mol. The summed E-state index contributed by atoms with van der Waals surface area (Å²) in [6, 6.07) is 4.27. The average molecular weight is 319 g/mol. The minimum Gasteiger partial charge on any atom is -0.443 e. The number of hydrogen-bond acceptors (Lipinski definition) is 4. The molecule has 1 N–H and O–H groups in total. The number of anilines is 1. The van der Waals surface area contributed by atoms with Crippen molar-refractivity contribution in [3.8, 4) is 0 Å². The van der Waals surface area contributed by atoms with E-state index >= 15 is 0 Å². The van der Waals surface area contributed by atoms with Gasteiger partial charge in [-0.05, 0) is 52.6 Å². The Morgan fingerprint density at radius 3 is 2.83 bits per heavy atom. The number of nitrogens with one attached hydrogen (secondary N) is 1. The van der Waals surface area contributed by atoms with Crippen molar-refractivity contribution < 1.29 is 9.53 Å². The summed E-state index contributed by atoms with van der Waals surface area (Å²) < 4.78 is 5.58. The van der Waals surface area contributed by atoms with E-state index in [1.54, 1.807) is 11.1 Å². The summed E-state index contributed by atoms with van der Waals surface area (Å²) in [7, 11) is 0. The third-order valence-corrected chi connectivity index (χ3v) is 3.82. The summed E-state index contributed by atoms with van der Waals surface area (Å²) in [6.45, 7) is 9.33. The number of piperidine rings is 1. The standard InChI is InChI=1S/C18H29N3O2/c1-5-13-21(17(22)23-18(2,3)4)16-14(9-8-12-20-16)15-10-6-7-11-19-15/h8-9,12,15,19H,5-7,10-11,13H2,1-4H3. The van der Waals surface area contributed by atoms with Gasteiger partial charge in [-0.3, -0.25) is 4.90 Å². The normalized spacial score (nSPS) is 18.5. The van der Waals surface area contributed by atoms with Crippen molar-refractivity contribution in [2.45, 2.75) is 65.0 Å². The Morgan fingerprint density at radius 2 is 2.22 bits per heavy atom. The summed E-state index contributed by atoms with van der Waals surface area (Å²) >= 11 is 0. The molecule has 0 aromatic carbocycles. The molecular formula is C18H29N3O2. The third kappa shape index (κ3) is 4.93. The summed E-state index contributed by atoms with van der Waals surface area (Å²) in [6.07, 6.45) is 5.76. The molecule has 0 spiro atoms. The van der Waals surface area contributed by atoms with Crippen molar-refractivity contribution in [2.24, 2.45) is 0 Å². The first-order valence-electron chi connectivity index (χ1n) is 8.61. The molecule has 23 heavy (non-hydrogen) atoms. The summed E-state index contributed by atoms with van der Waals surface area (Å²) in [4.78, 5) is 18.8. The van der Waals surface area contributed by atoms with Crippen LogP contribution in [-0.2, 0) is 4.74 Å². The maximum absolute atomic E-state index is 12.6. The van der Waals surface area contributed by atoms with Crippen LogP contribution in [0.4, 0.5) is 10.6 Å². The molecule has 1 atom stereocenters. The number of hydrogen-bond donors (Lipinski definition) is 1. The van der Waals surface area contributed by atoms with Crippen molar-refractivity contribution in [1.82, 2.24) is 10.3 Å². The molecular weight excluding hydrogens is 290 g/mol. The van der Waals surface area contributed by atoms with Crippen molar-refractivity contribution in [1.29, 1.82) is 0 Å². The smallest absolute Gasteiger partial charge is 0.416 e. The molecule has 128 valence electrons. The molecule has 2 heterocycles. The van der Waals surface area contributed by atoms with E-state index in [0.717, 1.165) is 30.8 Å². The second kappa shape index (κ2) is 7.77. The lowest BCUT2D eigenvalue weighted by atomic mass is 9.97. The van der Waals surface area contributed by atoms with Gasteiger partial charge in [0.25, 0.3) is 0 Å². The monoisotopic (exact) mass is 319 g/mol. The highest BCUT2D eigenvalue weighted by molar-refractivity contribution is 5.87. The highest BCUT2D eigenvalue weighted by atomic mass is 16.6. The van der Waals surface area contributed by atoms with Crippen LogP contribution in [0.2, 0.25) is 0 Å². The Bertz CT molecular complexity index is 519. The zero-order valence-corrected chi connectivity index (χ0v) is 14.8. The highest BCUT2D eigenvalue weighted by Gasteiger charge is 2.28. The molecule has 2 rings (SSSR count). The van der Waals surface area contributed by atoms with Gasteiger partial charge in [0.15, 0.2) is 0 Å². The molecule has 0 saturated carbocycles. The fraction of sp³-hybridized carbons (Fsp3) is 0.667. The zero-order valence-electron chi connectivity index (χ0n) is 14.8. The van der Waals surface area contributed by atoms with Crippen LogP contribution in [0.3, 0.4) is 0 Å². The number of carbonyl (C=O) groups is 1. The van der Waals surface area contributed by atoms with Crippen LogP contribution in [0.1, 0.15) is 65.0 Å². The quantitative estimate of drug-likeness (QED) is 0.909. The Labute approximate surface area is 139 Å². The van der Waals surface area contributed by atoms with Gasteiger partial charge in [-0.2, -0.15) is 0 Å². The topological polar surface area (TPSA) is 54.5 Å². The van der Waals surface area contributed by atoms with Gasteiger partial charge in [0.2, 0.25) is 0 Å². The van der Waals surface area contributed by atoms with Gasteiger partial charge in [0.1, 0.15) is 11.4 Å². The maximum atomic E-state index is 12.6. The summed E-state index contributed by atoms with van der Waals surface area (Å²) in [5.41, 5.74) is 0.577. The molecule has 1 saturated heterocycles. The minimum atomic E-state index is -0.513. The number of nitrogens with zero attached hydrogens (tertiary/aromatic N) is 2. The minimum absolute atomic E-state index is 0.259. The SMILES string of the molecule is CCCN(C(=O)OC(C)(C)C)c1ncccc1C1CCCCN1. The molecule has 0 aliphatic carbocycles. The molecule has 0 radical (unpaired) electrons. The van der Waals surface area contributed by atoms with Gasteiger partial charge >= 0.3 is 6.09 Å². The van der Waals surface area contributed by atoms with E-state index in [1.165, 1.54) is 12.8 Å². The largest absolute Gasteiger partial charge is 0.443 e. The molecule has 1 aliphatic heterocycles. The second-order valence-corrected chi connectivity index (χ2v) is 7.05. The van der Waals surface area contributed by atoms with Crippen LogP contribution in [0, 0.1) is 0 Å². The molecule has 1 aliphatic rings. The lowest BCUT2D eigenvalue weighted by Gasteiger charge is -2.31. The predicted octanol–water partition coefficient (Wildman–Crippen LogP) is 4.05. The Hall–Kier alpha value is -1.62. The Morgan fingerprint density at radius 1 is 1.43 bits per heavy atom. The van der Waals surface area contributed by atoms with Crippen LogP contribution >= 0.6 is 0 Å². The van der Waals surface area contributed by atoms with E-state index < -0.39 is 5.60 Å². The first kappa shape index (κ1) is 17.7.